The maximum atomic E-state index is 12.0. The van der Waals surface area contributed by atoms with Crippen molar-refractivity contribution < 1.29 is 26.9 Å². The van der Waals surface area contributed by atoms with Gasteiger partial charge in [-0.25, -0.2) is 8.98 Å². The minimum atomic E-state index is -3.66. The molecule has 108 valence electrons. The number of fused-ring (bicyclic) bond motifs is 1. The molecule has 1 amide bonds. The van der Waals surface area contributed by atoms with Crippen LogP contribution in [0.1, 0.15) is 20.3 Å². The van der Waals surface area contributed by atoms with Gasteiger partial charge in [-0.1, -0.05) is 0 Å². The van der Waals surface area contributed by atoms with Crippen LogP contribution in [0.15, 0.2) is 0 Å². The Labute approximate surface area is 115 Å². The molecule has 2 atom stereocenters. The summed E-state index contributed by atoms with van der Waals surface area (Å²) in [5.74, 6) is -0.731. The van der Waals surface area contributed by atoms with Gasteiger partial charge in [0.05, 0.1) is 18.1 Å². The number of ether oxygens (including phenoxy) is 1. The molecule has 2 fully saturated rings. The summed E-state index contributed by atoms with van der Waals surface area (Å²) in [6, 6.07) is -0.702. The summed E-state index contributed by atoms with van der Waals surface area (Å²) >= 11 is 1.54. The van der Waals surface area contributed by atoms with Crippen molar-refractivity contribution in [1.82, 2.24) is 4.90 Å². The second kappa shape index (κ2) is 4.64. The molecule has 0 aromatic carbocycles. The number of rotatable bonds is 4. The highest BCUT2D eigenvalue weighted by Crippen LogP contribution is 2.50. The van der Waals surface area contributed by atoms with Crippen LogP contribution in [0.5, 0.6) is 0 Å². The Morgan fingerprint density at radius 1 is 1.53 bits per heavy atom. The van der Waals surface area contributed by atoms with Gasteiger partial charge >= 0.3 is 5.97 Å². The lowest BCUT2D eigenvalue weighted by molar-refractivity contribution is -0.165. The summed E-state index contributed by atoms with van der Waals surface area (Å²) in [5.41, 5.74) is 0. The Balaban J connectivity index is 1.99. The first-order valence-corrected chi connectivity index (χ1v) is 8.31. The van der Waals surface area contributed by atoms with E-state index in [9.17, 15) is 18.0 Å². The fourth-order valence-electron chi connectivity index (χ4n) is 2.21. The lowest BCUT2D eigenvalue weighted by Crippen LogP contribution is -2.57. The molecule has 9 heteroatoms. The fourth-order valence-corrected chi connectivity index (χ4v) is 4.05. The van der Waals surface area contributed by atoms with E-state index in [2.05, 4.69) is 4.18 Å². The van der Waals surface area contributed by atoms with E-state index in [1.807, 2.05) is 13.8 Å². The Bertz CT molecular complexity index is 514. The SMILES string of the molecule is CC1(C)S[C@@H]2CC(=O)N2[C@H]1C(=O)OCOS(C)(=O)=O. The predicted octanol–water partition coefficient (Wildman–Crippen LogP) is -0.0843. The molecule has 2 saturated heterocycles. The van der Waals surface area contributed by atoms with Crippen LogP contribution < -0.4 is 0 Å². The zero-order valence-electron chi connectivity index (χ0n) is 10.8. The summed E-state index contributed by atoms with van der Waals surface area (Å²) in [4.78, 5) is 25.0. The molecule has 0 N–H and O–H groups in total. The second-order valence-electron chi connectivity index (χ2n) is 4.99. The van der Waals surface area contributed by atoms with E-state index in [1.54, 1.807) is 11.8 Å². The van der Waals surface area contributed by atoms with Gasteiger partial charge in [-0.2, -0.15) is 8.42 Å². The molecule has 2 aliphatic heterocycles. The molecule has 0 saturated carbocycles. The minimum Gasteiger partial charge on any atom is -0.436 e. The molecule has 0 aromatic rings. The number of hydrogen-bond donors (Lipinski definition) is 0. The van der Waals surface area contributed by atoms with Gasteiger partial charge in [0.25, 0.3) is 10.1 Å². The molecule has 2 heterocycles. The van der Waals surface area contributed by atoms with Crippen molar-refractivity contribution in [2.45, 2.75) is 36.4 Å². The topological polar surface area (TPSA) is 90.0 Å². The summed E-state index contributed by atoms with van der Waals surface area (Å²) in [6.45, 7) is 3.04. The Hall–Kier alpha value is -0.800. The quantitative estimate of drug-likeness (QED) is 0.310. The maximum Gasteiger partial charge on any atom is 0.332 e. The van der Waals surface area contributed by atoms with Gasteiger partial charge in [0.2, 0.25) is 12.7 Å². The maximum absolute atomic E-state index is 12.0. The van der Waals surface area contributed by atoms with Crippen molar-refractivity contribution in [2.75, 3.05) is 13.0 Å². The van der Waals surface area contributed by atoms with E-state index < -0.39 is 33.7 Å². The Morgan fingerprint density at radius 2 is 2.16 bits per heavy atom. The van der Waals surface area contributed by atoms with Crippen LogP contribution in [-0.2, 0) is 28.6 Å². The van der Waals surface area contributed by atoms with Gasteiger partial charge < -0.3 is 9.64 Å². The van der Waals surface area contributed by atoms with Crippen LogP contribution in [0.3, 0.4) is 0 Å². The first-order valence-electron chi connectivity index (χ1n) is 5.62. The highest BCUT2D eigenvalue weighted by molar-refractivity contribution is 8.01. The van der Waals surface area contributed by atoms with Crippen molar-refractivity contribution in [3.05, 3.63) is 0 Å². The fraction of sp³-hybridized carbons (Fsp3) is 0.800. The lowest BCUT2D eigenvalue weighted by atomic mass is 9.98. The summed E-state index contributed by atoms with van der Waals surface area (Å²) in [6.07, 6.45) is 1.29. The van der Waals surface area contributed by atoms with Gasteiger partial charge in [0, 0.05) is 4.75 Å². The molecule has 0 bridgehead atoms. The Morgan fingerprint density at radius 3 is 2.68 bits per heavy atom. The van der Waals surface area contributed by atoms with Crippen LogP contribution in [0.4, 0.5) is 0 Å². The molecule has 7 nitrogen and oxygen atoms in total. The van der Waals surface area contributed by atoms with Crippen LogP contribution in [-0.4, -0.2) is 54.4 Å². The number of esters is 1. The van der Waals surface area contributed by atoms with E-state index in [0.717, 1.165) is 6.26 Å². The third-order valence-electron chi connectivity index (χ3n) is 3.01. The molecule has 2 aliphatic rings. The summed E-state index contributed by atoms with van der Waals surface area (Å²) in [5, 5.41) is 0.0101. The Kier molecular flexibility index (Phi) is 3.56. The third-order valence-corrected chi connectivity index (χ3v) is 5.03. The number of β-lactam (4-membered cyclic amide) rings is 1. The summed E-state index contributed by atoms with van der Waals surface area (Å²) in [7, 11) is -3.66. The monoisotopic (exact) mass is 309 g/mol. The predicted molar refractivity (Wildman–Crippen MR) is 67.6 cm³/mol. The molecule has 0 unspecified atom stereocenters. The number of hydrogen-bond acceptors (Lipinski definition) is 7. The van der Waals surface area contributed by atoms with Gasteiger partial charge in [-0.15, -0.1) is 11.8 Å². The third kappa shape index (κ3) is 2.87. The van der Waals surface area contributed by atoms with E-state index in [0.29, 0.717) is 6.42 Å². The van der Waals surface area contributed by atoms with E-state index >= 15 is 0 Å². The molecular weight excluding hydrogens is 294 g/mol. The van der Waals surface area contributed by atoms with Gasteiger partial charge in [-0.3, -0.25) is 4.79 Å². The standard InChI is InChI=1S/C10H15NO6S2/c1-10(2)8(11-6(12)4-7(11)18-10)9(13)16-5-17-19(3,14)15/h7-8H,4-5H2,1-3H3/t7-,8+/m1/s1. The van der Waals surface area contributed by atoms with E-state index in [1.165, 1.54) is 4.90 Å². The van der Waals surface area contributed by atoms with E-state index in [-0.39, 0.29) is 11.3 Å². The molecule has 0 aromatic heterocycles. The number of carbonyl (C=O) groups excluding carboxylic acids is 2. The first kappa shape index (κ1) is 14.6. The lowest BCUT2D eigenvalue weighted by Gasteiger charge is -2.37. The second-order valence-corrected chi connectivity index (χ2v) is 8.46. The summed E-state index contributed by atoms with van der Waals surface area (Å²) < 4.78 is 30.2. The number of amides is 1. The average Bonchev–Trinajstić information content (AvgIpc) is 2.43. The zero-order valence-corrected chi connectivity index (χ0v) is 12.4. The molecule has 19 heavy (non-hydrogen) atoms. The zero-order chi connectivity index (χ0) is 14.4. The van der Waals surface area contributed by atoms with Gasteiger partial charge in [-0.05, 0) is 13.8 Å². The van der Waals surface area contributed by atoms with Gasteiger partial charge in [0.1, 0.15) is 6.04 Å². The molecule has 0 radical (unpaired) electrons. The number of carbonyl (C=O) groups is 2. The molecule has 2 rings (SSSR count). The molecule has 0 spiro atoms. The van der Waals surface area contributed by atoms with Crippen LogP contribution in [0.25, 0.3) is 0 Å². The van der Waals surface area contributed by atoms with Crippen molar-refractivity contribution >= 4 is 33.8 Å². The van der Waals surface area contributed by atoms with Crippen molar-refractivity contribution in [2.24, 2.45) is 0 Å². The minimum absolute atomic E-state index is 0.0101. The molecular formula is C10H15NO6S2. The number of thioether (sulfide) groups is 1. The smallest absolute Gasteiger partial charge is 0.332 e. The van der Waals surface area contributed by atoms with Crippen LogP contribution >= 0.6 is 11.8 Å². The number of nitrogens with zero attached hydrogens (tertiary/aromatic N) is 1. The normalized spacial score (nSPS) is 28.8. The van der Waals surface area contributed by atoms with E-state index in [4.69, 9.17) is 4.74 Å². The van der Waals surface area contributed by atoms with Crippen LogP contribution in [0.2, 0.25) is 0 Å². The van der Waals surface area contributed by atoms with Gasteiger partial charge in [0.15, 0.2) is 0 Å². The highest BCUT2D eigenvalue weighted by atomic mass is 32.2. The first-order chi connectivity index (χ1) is 8.62. The molecule has 0 aliphatic carbocycles. The largest absolute Gasteiger partial charge is 0.436 e. The van der Waals surface area contributed by atoms with Crippen molar-refractivity contribution in [1.29, 1.82) is 0 Å². The van der Waals surface area contributed by atoms with Crippen molar-refractivity contribution in [3.8, 4) is 0 Å². The highest BCUT2D eigenvalue weighted by Gasteiger charge is 2.59. The van der Waals surface area contributed by atoms with Crippen LogP contribution in [0, 0.1) is 0 Å². The van der Waals surface area contributed by atoms with Crippen molar-refractivity contribution in [3.63, 3.8) is 0 Å². The average molecular weight is 309 g/mol.